The van der Waals surface area contributed by atoms with Gasteiger partial charge in [-0.05, 0) is 24.3 Å². The molecule has 0 saturated carbocycles. The maximum Gasteiger partial charge on any atom is 0.301 e. The lowest BCUT2D eigenvalue weighted by molar-refractivity contribution is -0.238. The van der Waals surface area contributed by atoms with E-state index in [1.807, 2.05) is 0 Å². The van der Waals surface area contributed by atoms with Gasteiger partial charge in [-0.25, -0.2) is 14.2 Å². The van der Waals surface area contributed by atoms with Crippen molar-refractivity contribution in [1.29, 1.82) is 0 Å². The Balaban J connectivity index is 1.65. The molecule has 1 aliphatic rings. The van der Waals surface area contributed by atoms with Gasteiger partial charge in [-0.3, -0.25) is 10.2 Å². The monoisotopic (exact) mass is 400 g/mol. The van der Waals surface area contributed by atoms with Gasteiger partial charge in [-0.2, -0.15) is 0 Å². The van der Waals surface area contributed by atoms with E-state index in [0.717, 1.165) is 12.1 Å². The Bertz CT molecular complexity index is 845. The maximum atomic E-state index is 13.8. The molecule has 1 aromatic heterocycles. The highest BCUT2D eigenvalue weighted by Gasteiger charge is 2.43. The lowest BCUT2D eigenvalue weighted by atomic mass is 9.99. The van der Waals surface area contributed by atoms with E-state index in [4.69, 9.17) is 14.3 Å². The molecular formula is C17H18F2N2O7. The van der Waals surface area contributed by atoms with Crippen LogP contribution in [0, 0.1) is 11.6 Å². The molecule has 1 aromatic carbocycles. The van der Waals surface area contributed by atoms with Gasteiger partial charge in [0.15, 0.2) is 12.0 Å². The number of hydrazine groups is 1. The zero-order valence-corrected chi connectivity index (χ0v) is 14.3. The zero-order chi connectivity index (χ0) is 20.4. The third-order valence-corrected chi connectivity index (χ3v) is 4.25. The number of amides is 1. The number of aliphatic hydroxyl groups excluding tert-OH is 4. The molecule has 6 N–H and O–H groups in total. The van der Waals surface area contributed by atoms with Crippen molar-refractivity contribution in [2.45, 2.75) is 30.6 Å². The van der Waals surface area contributed by atoms with Gasteiger partial charge in [-0.15, -0.1) is 0 Å². The van der Waals surface area contributed by atoms with Crippen LogP contribution in [0.25, 0.3) is 11.3 Å². The van der Waals surface area contributed by atoms with Gasteiger partial charge in [0.1, 0.15) is 41.8 Å². The normalized spacial score (nSPS) is 27.6. The maximum absolute atomic E-state index is 13.8. The Labute approximate surface area is 157 Å². The molecule has 0 unspecified atom stereocenters. The number of carbonyl (C=O) groups excluding carboxylic acids is 1. The van der Waals surface area contributed by atoms with E-state index >= 15 is 0 Å². The molecule has 1 amide bonds. The van der Waals surface area contributed by atoms with Crippen molar-refractivity contribution >= 4 is 5.91 Å². The molecule has 2 aromatic rings. The van der Waals surface area contributed by atoms with Gasteiger partial charge in [0.2, 0.25) is 0 Å². The van der Waals surface area contributed by atoms with E-state index in [0.29, 0.717) is 6.07 Å². The summed E-state index contributed by atoms with van der Waals surface area (Å²) in [7, 11) is 0. The Morgan fingerprint density at radius 3 is 2.50 bits per heavy atom. The average molecular weight is 400 g/mol. The molecule has 11 heteroatoms. The first kappa shape index (κ1) is 20.3. The highest BCUT2D eigenvalue weighted by Crippen LogP contribution is 2.25. The largest absolute Gasteiger partial charge is 0.451 e. The van der Waals surface area contributed by atoms with Crippen molar-refractivity contribution in [2.24, 2.45) is 0 Å². The number of ether oxygens (including phenoxy) is 1. The van der Waals surface area contributed by atoms with Crippen molar-refractivity contribution in [3.05, 3.63) is 47.7 Å². The molecule has 0 spiro atoms. The smallest absolute Gasteiger partial charge is 0.301 e. The Kier molecular flexibility index (Phi) is 6.03. The van der Waals surface area contributed by atoms with Crippen LogP contribution in [-0.4, -0.2) is 63.6 Å². The van der Waals surface area contributed by atoms with Gasteiger partial charge < -0.3 is 29.6 Å². The molecule has 2 heterocycles. The first-order valence-electron chi connectivity index (χ1n) is 8.23. The second-order valence-electron chi connectivity index (χ2n) is 6.14. The summed E-state index contributed by atoms with van der Waals surface area (Å²) < 4.78 is 37.2. The van der Waals surface area contributed by atoms with Crippen LogP contribution in [0.5, 0.6) is 0 Å². The number of furan rings is 1. The summed E-state index contributed by atoms with van der Waals surface area (Å²) in [6.07, 6.45) is -7.23. The molecule has 0 bridgehead atoms. The summed E-state index contributed by atoms with van der Waals surface area (Å²) in [5.41, 5.74) is 4.45. The number of halogens is 2. The Morgan fingerprint density at radius 1 is 1.07 bits per heavy atom. The molecule has 152 valence electrons. The predicted octanol–water partition coefficient (Wildman–Crippen LogP) is -0.741. The number of hydrogen-bond donors (Lipinski definition) is 6. The minimum atomic E-state index is -1.61. The van der Waals surface area contributed by atoms with Crippen LogP contribution < -0.4 is 10.9 Å². The predicted molar refractivity (Wildman–Crippen MR) is 88.4 cm³/mol. The zero-order valence-electron chi connectivity index (χ0n) is 14.3. The number of rotatable bonds is 5. The molecular weight excluding hydrogens is 382 g/mol. The molecule has 1 fully saturated rings. The van der Waals surface area contributed by atoms with Gasteiger partial charge in [0.25, 0.3) is 0 Å². The van der Waals surface area contributed by atoms with Gasteiger partial charge in [0.05, 0.1) is 12.2 Å². The quantitative estimate of drug-likeness (QED) is 0.360. The van der Waals surface area contributed by atoms with Crippen LogP contribution in [0.2, 0.25) is 0 Å². The fourth-order valence-electron chi connectivity index (χ4n) is 2.71. The molecule has 3 rings (SSSR count). The number of carbonyl (C=O) groups is 1. The van der Waals surface area contributed by atoms with E-state index in [-0.39, 0.29) is 17.1 Å². The van der Waals surface area contributed by atoms with Crippen molar-refractivity contribution in [2.75, 3.05) is 6.61 Å². The van der Waals surface area contributed by atoms with E-state index in [1.54, 1.807) is 0 Å². The minimum absolute atomic E-state index is 0.00418. The molecule has 28 heavy (non-hydrogen) atoms. The summed E-state index contributed by atoms with van der Waals surface area (Å²) >= 11 is 0. The second kappa shape index (κ2) is 8.31. The number of nitrogens with one attached hydrogen (secondary N) is 2. The Morgan fingerprint density at radius 2 is 1.82 bits per heavy atom. The first-order valence-corrected chi connectivity index (χ1v) is 8.23. The average Bonchev–Trinajstić information content (AvgIpc) is 3.15. The van der Waals surface area contributed by atoms with Crippen LogP contribution >= 0.6 is 0 Å². The van der Waals surface area contributed by atoms with Crippen molar-refractivity contribution in [3.63, 3.8) is 0 Å². The van der Waals surface area contributed by atoms with Crippen LogP contribution in [0.15, 0.2) is 34.7 Å². The van der Waals surface area contributed by atoms with Gasteiger partial charge in [-0.1, -0.05) is 0 Å². The fraction of sp³-hybridized carbons (Fsp3) is 0.353. The van der Waals surface area contributed by atoms with Gasteiger partial charge in [0, 0.05) is 6.07 Å². The molecule has 1 aliphatic heterocycles. The van der Waals surface area contributed by atoms with Gasteiger partial charge >= 0.3 is 5.91 Å². The lowest BCUT2D eigenvalue weighted by Gasteiger charge is -2.40. The standard InChI is InChI=1S/C17H18F2N2O7/c18-7-1-2-8(9(19)5-7)10-3-4-11(27-10)16(26)20-21-17-15(25)14(24)13(23)12(6-22)28-17/h1-5,12-15,17,21-25H,6H2,(H,20,26)/t12-,13-,14+,15-,17-/m1/s1. The van der Waals surface area contributed by atoms with Crippen molar-refractivity contribution < 1.29 is 43.2 Å². The molecule has 9 nitrogen and oxygen atoms in total. The number of hydrogen-bond acceptors (Lipinski definition) is 8. The van der Waals surface area contributed by atoms with E-state index in [1.165, 1.54) is 12.1 Å². The van der Waals surface area contributed by atoms with E-state index < -0.39 is 54.8 Å². The van der Waals surface area contributed by atoms with E-state index in [9.17, 15) is 28.9 Å². The van der Waals surface area contributed by atoms with Crippen LogP contribution in [0.4, 0.5) is 8.78 Å². The number of aliphatic hydroxyl groups is 4. The van der Waals surface area contributed by atoms with Crippen molar-refractivity contribution in [1.82, 2.24) is 10.9 Å². The summed E-state index contributed by atoms with van der Waals surface area (Å²) in [6, 6.07) is 5.46. The summed E-state index contributed by atoms with van der Waals surface area (Å²) in [5, 5.41) is 38.4. The van der Waals surface area contributed by atoms with Crippen LogP contribution in [0.3, 0.4) is 0 Å². The Hall–Kier alpha value is -2.41. The van der Waals surface area contributed by atoms with E-state index in [2.05, 4.69) is 10.9 Å². The SMILES string of the molecule is O=C(NN[C@@H]1O[C@H](CO)[C@@H](O)[C@H](O)[C@H]1O)c1ccc(-c2ccc(F)cc2F)o1. The molecule has 0 aliphatic carbocycles. The van der Waals surface area contributed by atoms with Crippen molar-refractivity contribution in [3.8, 4) is 11.3 Å². The number of benzene rings is 1. The fourth-order valence-corrected chi connectivity index (χ4v) is 2.71. The topological polar surface area (TPSA) is 144 Å². The summed E-state index contributed by atoms with van der Waals surface area (Å²) in [4.78, 5) is 12.2. The molecule has 5 atom stereocenters. The molecule has 0 radical (unpaired) electrons. The first-order chi connectivity index (χ1) is 13.3. The highest BCUT2D eigenvalue weighted by atomic mass is 19.1. The van der Waals surface area contributed by atoms with Crippen LogP contribution in [0.1, 0.15) is 10.6 Å². The highest BCUT2D eigenvalue weighted by molar-refractivity contribution is 5.91. The third kappa shape index (κ3) is 4.04. The third-order valence-electron chi connectivity index (χ3n) is 4.25. The molecule has 1 saturated heterocycles. The second-order valence-corrected chi connectivity index (χ2v) is 6.14. The minimum Gasteiger partial charge on any atom is -0.451 e. The summed E-state index contributed by atoms with van der Waals surface area (Å²) in [5.74, 6) is -2.66. The lowest BCUT2D eigenvalue weighted by Crippen LogP contribution is -2.64. The van der Waals surface area contributed by atoms with Crippen LogP contribution in [-0.2, 0) is 4.74 Å². The summed E-state index contributed by atoms with van der Waals surface area (Å²) in [6.45, 7) is -0.623.